The van der Waals surface area contributed by atoms with Gasteiger partial charge in [0.15, 0.2) is 6.61 Å². The van der Waals surface area contributed by atoms with Crippen LogP contribution in [0.1, 0.15) is 36.3 Å². The molecule has 1 heterocycles. The van der Waals surface area contributed by atoms with Crippen molar-refractivity contribution in [2.45, 2.75) is 25.8 Å². The number of benzene rings is 2. The number of Topliss-reactive ketones (excluding diaryl/α,β-unsaturated/α-hetero) is 1. The first-order chi connectivity index (χ1) is 14.4. The van der Waals surface area contributed by atoms with Gasteiger partial charge in [-0.1, -0.05) is 24.3 Å². The molecule has 0 spiro atoms. The lowest BCUT2D eigenvalue weighted by Crippen LogP contribution is -2.34. The minimum absolute atomic E-state index is 0.149. The smallest absolute Gasteiger partial charge is 0.258 e. The first kappa shape index (κ1) is 21.2. The summed E-state index contributed by atoms with van der Waals surface area (Å²) in [5, 5.41) is 2.90. The number of aromatic nitrogens is 2. The van der Waals surface area contributed by atoms with Gasteiger partial charge >= 0.3 is 0 Å². The Balaban J connectivity index is 1.63. The lowest BCUT2D eigenvalue weighted by Gasteiger charge is -2.19. The van der Waals surface area contributed by atoms with E-state index in [2.05, 4.69) is 10.3 Å². The topological polar surface area (TPSA) is 73.2 Å². The van der Waals surface area contributed by atoms with Crippen molar-refractivity contribution in [2.75, 3.05) is 6.61 Å². The number of hydrogen-bond donors (Lipinski definition) is 1. The van der Waals surface area contributed by atoms with E-state index in [1.807, 2.05) is 19.2 Å². The molecule has 2 aromatic carbocycles. The van der Waals surface area contributed by atoms with E-state index >= 15 is 0 Å². The molecule has 1 amide bonds. The summed E-state index contributed by atoms with van der Waals surface area (Å²) >= 11 is 0. The Morgan fingerprint density at radius 3 is 2.43 bits per heavy atom. The number of aryl methyl sites for hydroxylation is 2. The molecule has 1 unspecified atom stereocenters. The maximum absolute atomic E-state index is 13.3. The van der Waals surface area contributed by atoms with Crippen LogP contribution in [0.3, 0.4) is 0 Å². The number of imidazole rings is 1. The van der Waals surface area contributed by atoms with Crippen molar-refractivity contribution in [1.29, 1.82) is 0 Å². The average Bonchev–Trinajstić information content (AvgIpc) is 3.16. The third kappa shape index (κ3) is 5.76. The fraction of sp³-hybridized carbons (Fsp3) is 0.261. The summed E-state index contributed by atoms with van der Waals surface area (Å²) in [5.74, 6) is 0.666. The highest BCUT2D eigenvalue weighted by Crippen LogP contribution is 2.21. The van der Waals surface area contributed by atoms with Crippen molar-refractivity contribution in [3.8, 4) is 5.75 Å². The maximum atomic E-state index is 13.3. The Morgan fingerprint density at radius 2 is 1.83 bits per heavy atom. The van der Waals surface area contributed by atoms with Crippen LogP contribution in [0.2, 0.25) is 0 Å². The third-order valence-corrected chi connectivity index (χ3v) is 4.68. The van der Waals surface area contributed by atoms with E-state index in [1.165, 1.54) is 12.1 Å². The van der Waals surface area contributed by atoms with Crippen LogP contribution < -0.4 is 10.1 Å². The van der Waals surface area contributed by atoms with Crippen molar-refractivity contribution in [1.82, 2.24) is 14.9 Å². The molecule has 0 radical (unpaired) electrons. The molecule has 156 valence electrons. The van der Waals surface area contributed by atoms with Gasteiger partial charge in [-0.3, -0.25) is 4.79 Å². The molecule has 1 atom stereocenters. The van der Waals surface area contributed by atoms with Gasteiger partial charge in [0.1, 0.15) is 29.2 Å². The summed E-state index contributed by atoms with van der Waals surface area (Å²) in [7, 11) is 1.83. The Labute approximate surface area is 174 Å². The Hall–Kier alpha value is -3.48. The summed E-state index contributed by atoms with van der Waals surface area (Å²) in [6.45, 7) is 1.40. The van der Waals surface area contributed by atoms with Crippen LogP contribution in [0.25, 0.3) is 0 Å². The quantitative estimate of drug-likeness (QED) is 0.588. The van der Waals surface area contributed by atoms with E-state index in [9.17, 15) is 14.0 Å². The van der Waals surface area contributed by atoms with Crippen LogP contribution in [-0.2, 0) is 23.1 Å². The van der Waals surface area contributed by atoms with E-state index in [1.54, 1.807) is 48.1 Å². The van der Waals surface area contributed by atoms with Gasteiger partial charge in [-0.15, -0.1) is 0 Å². The maximum Gasteiger partial charge on any atom is 0.258 e. The number of amides is 1. The second-order valence-corrected chi connectivity index (χ2v) is 7.08. The molecule has 0 fully saturated rings. The van der Waals surface area contributed by atoms with Crippen molar-refractivity contribution < 1.29 is 18.7 Å². The molecule has 7 heteroatoms. The Bertz CT molecular complexity index is 997. The van der Waals surface area contributed by atoms with E-state index in [-0.39, 0.29) is 24.1 Å². The normalized spacial score (nSPS) is 11.7. The predicted octanol–water partition coefficient (Wildman–Crippen LogP) is 3.37. The molecule has 0 aliphatic rings. The number of hydrogen-bond acceptors (Lipinski definition) is 4. The van der Waals surface area contributed by atoms with Gasteiger partial charge in [0.05, 0.1) is 0 Å². The van der Waals surface area contributed by atoms with Gasteiger partial charge in [-0.05, 0) is 48.7 Å². The Morgan fingerprint density at radius 1 is 1.13 bits per heavy atom. The SMILES string of the molecule is CC(=O)CCc1ccc(OCC(=O)NC(c2ccc(F)cc2)c2nccn2C)cc1. The minimum Gasteiger partial charge on any atom is -0.484 e. The van der Waals surface area contributed by atoms with Gasteiger partial charge in [-0.2, -0.15) is 0 Å². The number of nitrogens with one attached hydrogen (secondary N) is 1. The van der Waals surface area contributed by atoms with E-state index in [0.717, 1.165) is 5.56 Å². The zero-order chi connectivity index (χ0) is 21.5. The predicted molar refractivity (Wildman–Crippen MR) is 111 cm³/mol. The molecule has 1 N–H and O–H groups in total. The summed E-state index contributed by atoms with van der Waals surface area (Å²) < 4.78 is 20.7. The molecule has 0 aliphatic heterocycles. The lowest BCUT2D eigenvalue weighted by molar-refractivity contribution is -0.123. The number of nitrogens with zero attached hydrogens (tertiary/aromatic N) is 2. The van der Waals surface area contributed by atoms with Gasteiger partial charge in [0, 0.05) is 25.9 Å². The monoisotopic (exact) mass is 409 g/mol. The highest BCUT2D eigenvalue weighted by atomic mass is 19.1. The van der Waals surface area contributed by atoms with Crippen molar-refractivity contribution in [2.24, 2.45) is 7.05 Å². The summed E-state index contributed by atoms with van der Waals surface area (Å²) in [4.78, 5) is 27.9. The van der Waals surface area contributed by atoms with Crippen LogP contribution >= 0.6 is 0 Å². The van der Waals surface area contributed by atoms with Gasteiger partial charge < -0.3 is 19.4 Å². The molecular weight excluding hydrogens is 385 g/mol. The van der Waals surface area contributed by atoms with Crippen molar-refractivity contribution >= 4 is 11.7 Å². The van der Waals surface area contributed by atoms with E-state index < -0.39 is 6.04 Å². The molecule has 1 aromatic heterocycles. The zero-order valence-corrected chi connectivity index (χ0v) is 17.0. The fourth-order valence-electron chi connectivity index (χ4n) is 3.03. The molecule has 0 bridgehead atoms. The zero-order valence-electron chi connectivity index (χ0n) is 17.0. The molecule has 3 rings (SSSR count). The van der Waals surface area contributed by atoms with Crippen LogP contribution in [-0.4, -0.2) is 27.8 Å². The number of ether oxygens (including phenoxy) is 1. The first-order valence-corrected chi connectivity index (χ1v) is 9.65. The fourth-order valence-corrected chi connectivity index (χ4v) is 3.03. The third-order valence-electron chi connectivity index (χ3n) is 4.68. The van der Waals surface area contributed by atoms with E-state index in [0.29, 0.717) is 30.0 Å². The van der Waals surface area contributed by atoms with E-state index in [4.69, 9.17) is 4.74 Å². The Kier molecular flexibility index (Phi) is 6.95. The van der Waals surface area contributed by atoms with Crippen LogP contribution in [0.4, 0.5) is 4.39 Å². The van der Waals surface area contributed by atoms with Crippen LogP contribution in [0.15, 0.2) is 60.9 Å². The summed E-state index contributed by atoms with van der Waals surface area (Å²) in [5.41, 5.74) is 1.75. The van der Waals surface area contributed by atoms with Gasteiger partial charge in [0.25, 0.3) is 5.91 Å². The molecule has 3 aromatic rings. The number of rotatable bonds is 9. The average molecular weight is 409 g/mol. The molecule has 0 saturated heterocycles. The van der Waals surface area contributed by atoms with Crippen LogP contribution in [0.5, 0.6) is 5.75 Å². The summed E-state index contributed by atoms with van der Waals surface area (Å²) in [6.07, 6.45) is 4.60. The standard InChI is InChI=1S/C23H24FN3O3/c1-16(28)3-4-17-5-11-20(12-6-17)30-15-21(29)26-22(23-25-13-14-27(23)2)18-7-9-19(24)10-8-18/h5-14,22H,3-4,15H2,1-2H3,(H,26,29). The molecule has 6 nitrogen and oxygen atoms in total. The number of ketones is 1. The number of carbonyl (C=O) groups is 2. The lowest BCUT2D eigenvalue weighted by atomic mass is 10.1. The minimum atomic E-state index is -0.532. The molecule has 0 aliphatic carbocycles. The molecule has 30 heavy (non-hydrogen) atoms. The van der Waals surface area contributed by atoms with Crippen LogP contribution in [0, 0.1) is 5.82 Å². The first-order valence-electron chi connectivity index (χ1n) is 9.65. The summed E-state index contributed by atoms with van der Waals surface area (Å²) in [6, 6.07) is 12.7. The van der Waals surface area contributed by atoms with Crippen molar-refractivity contribution in [3.05, 3.63) is 83.7 Å². The number of carbonyl (C=O) groups excluding carboxylic acids is 2. The highest BCUT2D eigenvalue weighted by Gasteiger charge is 2.21. The molecular formula is C23H24FN3O3. The second kappa shape index (κ2) is 9.82. The highest BCUT2D eigenvalue weighted by molar-refractivity contribution is 5.78. The van der Waals surface area contributed by atoms with Gasteiger partial charge in [0.2, 0.25) is 0 Å². The molecule has 0 saturated carbocycles. The second-order valence-electron chi connectivity index (χ2n) is 7.08. The largest absolute Gasteiger partial charge is 0.484 e. The van der Waals surface area contributed by atoms with Crippen molar-refractivity contribution in [3.63, 3.8) is 0 Å². The van der Waals surface area contributed by atoms with Gasteiger partial charge in [-0.25, -0.2) is 9.37 Å². The number of halogens is 1.